The van der Waals surface area contributed by atoms with E-state index in [0.717, 1.165) is 24.3 Å². The van der Waals surface area contributed by atoms with Crippen LogP contribution in [0.3, 0.4) is 0 Å². The van der Waals surface area contributed by atoms with Gasteiger partial charge in [-0.05, 0) is 47.4 Å². The van der Waals surface area contributed by atoms with Crippen molar-refractivity contribution in [2.24, 2.45) is 0 Å². The third-order valence-electron chi connectivity index (χ3n) is 6.25. The summed E-state index contributed by atoms with van der Waals surface area (Å²) in [4.78, 5) is 5.43. The number of imidazole rings is 1. The summed E-state index contributed by atoms with van der Waals surface area (Å²) in [6.45, 7) is 1.21. The zero-order chi connectivity index (χ0) is 23.9. The van der Waals surface area contributed by atoms with Crippen LogP contribution in [0.15, 0.2) is 102 Å². The molecule has 4 aromatic rings. The maximum atomic E-state index is 6.59. The molecule has 0 saturated carbocycles. The molecule has 5 nitrogen and oxygen atoms in total. The Morgan fingerprint density at radius 3 is 2.49 bits per heavy atom. The summed E-state index contributed by atoms with van der Waals surface area (Å²) in [5.74, 6) is 1.05. The van der Waals surface area contributed by atoms with Crippen molar-refractivity contribution in [2.75, 3.05) is 19.5 Å². The largest absolute Gasteiger partial charge is 0.497 e. The lowest BCUT2D eigenvalue weighted by Crippen LogP contribution is -2.37. The lowest BCUT2D eigenvalue weighted by Gasteiger charge is -2.28. The Morgan fingerprint density at radius 2 is 1.77 bits per heavy atom. The summed E-state index contributed by atoms with van der Waals surface area (Å²) in [7, 11) is 1.69. The Kier molecular flexibility index (Phi) is 7.52. The van der Waals surface area contributed by atoms with Gasteiger partial charge >= 0.3 is 0 Å². The minimum atomic E-state index is -0.664. The number of hydrogen-bond acceptors (Lipinski definition) is 5. The fraction of sp³-hybridized carbons (Fsp3) is 0.276. The summed E-state index contributed by atoms with van der Waals surface area (Å²) in [5, 5.41) is 0. The molecule has 3 aromatic carbocycles. The fourth-order valence-electron chi connectivity index (χ4n) is 4.34. The van der Waals surface area contributed by atoms with Crippen LogP contribution < -0.4 is 4.74 Å². The van der Waals surface area contributed by atoms with Crippen LogP contribution in [-0.4, -0.2) is 40.9 Å². The molecule has 1 saturated heterocycles. The van der Waals surface area contributed by atoms with Crippen molar-refractivity contribution >= 4 is 11.8 Å². The normalized spacial score (nSPS) is 19.6. The molecule has 1 aliphatic heterocycles. The molecule has 1 aliphatic rings. The Labute approximate surface area is 211 Å². The van der Waals surface area contributed by atoms with Crippen LogP contribution in [0.5, 0.6) is 5.75 Å². The van der Waals surface area contributed by atoms with Gasteiger partial charge in [0.1, 0.15) is 5.75 Å². The van der Waals surface area contributed by atoms with E-state index in [1.54, 1.807) is 13.3 Å². The van der Waals surface area contributed by atoms with Crippen molar-refractivity contribution < 1.29 is 14.2 Å². The second-order valence-electron chi connectivity index (χ2n) is 8.75. The molecule has 180 valence electrons. The van der Waals surface area contributed by atoms with Gasteiger partial charge in [0, 0.05) is 29.5 Å². The first kappa shape index (κ1) is 23.7. The molecule has 0 bridgehead atoms. The van der Waals surface area contributed by atoms with Gasteiger partial charge in [-0.25, -0.2) is 4.98 Å². The van der Waals surface area contributed by atoms with E-state index < -0.39 is 5.79 Å². The van der Waals surface area contributed by atoms with Crippen LogP contribution in [0.4, 0.5) is 0 Å². The first-order chi connectivity index (χ1) is 17.2. The molecule has 1 aromatic heterocycles. The zero-order valence-corrected chi connectivity index (χ0v) is 20.7. The number of nitrogens with zero attached hydrogens (tertiary/aromatic N) is 2. The Hall–Kier alpha value is -3.06. The van der Waals surface area contributed by atoms with E-state index in [2.05, 4.69) is 65.6 Å². The molecule has 0 radical (unpaired) electrons. The summed E-state index contributed by atoms with van der Waals surface area (Å²) < 4.78 is 20.3. The Balaban J connectivity index is 1.20. The van der Waals surface area contributed by atoms with Gasteiger partial charge in [0.15, 0.2) is 5.79 Å². The van der Waals surface area contributed by atoms with Gasteiger partial charge in [0.25, 0.3) is 0 Å². The quantitative estimate of drug-likeness (QED) is 0.254. The van der Waals surface area contributed by atoms with E-state index in [9.17, 15) is 0 Å². The number of aromatic nitrogens is 2. The summed E-state index contributed by atoms with van der Waals surface area (Å²) >= 11 is 1.81. The topological polar surface area (TPSA) is 45.5 Å². The van der Waals surface area contributed by atoms with E-state index in [1.165, 1.54) is 21.6 Å². The maximum Gasteiger partial charge on any atom is 0.187 e. The standard InChI is InChI=1S/C29H30N2O3S/c1-32-26-11-7-23(8-12-26)15-16-29(21-31-18-17-30-22-31)33-19-27(34-29)20-35-28-13-9-25(10-14-28)24-5-3-2-4-6-24/h2-14,17-18,22,27H,15-16,19-21H2,1H3. The molecule has 35 heavy (non-hydrogen) atoms. The Bertz CT molecular complexity index is 1180. The second-order valence-corrected chi connectivity index (χ2v) is 9.84. The van der Waals surface area contributed by atoms with E-state index in [4.69, 9.17) is 14.2 Å². The molecule has 0 N–H and O–H groups in total. The van der Waals surface area contributed by atoms with Gasteiger partial charge in [-0.2, -0.15) is 0 Å². The van der Waals surface area contributed by atoms with Gasteiger partial charge in [-0.15, -0.1) is 11.8 Å². The monoisotopic (exact) mass is 486 g/mol. The van der Waals surface area contributed by atoms with Gasteiger partial charge in [0.2, 0.25) is 0 Å². The molecule has 0 spiro atoms. The predicted octanol–water partition coefficient (Wildman–Crippen LogP) is 6.10. The summed E-state index contributed by atoms with van der Waals surface area (Å²) in [6.07, 6.45) is 7.23. The van der Waals surface area contributed by atoms with E-state index >= 15 is 0 Å². The zero-order valence-electron chi connectivity index (χ0n) is 19.9. The SMILES string of the molecule is COc1ccc(CCC2(Cn3ccnc3)OCC(CSc3ccc(-c4ccccc4)cc3)O2)cc1. The molecule has 2 heterocycles. The smallest absolute Gasteiger partial charge is 0.187 e. The highest BCUT2D eigenvalue weighted by molar-refractivity contribution is 7.99. The highest BCUT2D eigenvalue weighted by Gasteiger charge is 2.41. The van der Waals surface area contributed by atoms with Crippen LogP contribution in [0.1, 0.15) is 12.0 Å². The minimum absolute atomic E-state index is 0.0354. The average Bonchev–Trinajstić information content (AvgIpc) is 3.58. The number of thioether (sulfide) groups is 1. The summed E-state index contributed by atoms with van der Waals surface area (Å²) in [6, 6.07) is 27.4. The lowest BCUT2D eigenvalue weighted by atomic mass is 10.0. The van der Waals surface area contributed by atoms with E-state index in [-0.39, 0.29) is 6.10 Å². The number of ether oxygens (including phenoxy) is 3. The highest BCUT2D eigenvalue weighted by Crippen LogP contribution is 2.34. The molecular weight excluding hydrogens is 456 g/mol. The fourth-order valence-corrected chi connectivity index (χ4v) is 5.21. The van der Waals surface area contributed by atoms with Gasteiger partial charge < -0.3 is 18.8 Å². The van der Waals surface area contributed by atoms with Crippen LogP contribution in [0.25, 0.3) is 11.1 Å². The number of methoxy groups -OCH3 is 1. The maximum absolute atomic E-state index is 6.59. The van der Waals surface area contributed by atoms with Crippen molar-refractivity contribution in [3.63, 3.8) is 0 Å². The van der Waals surface area contributed by atoms with Crippen LogP contribution >= 0.6 is 11.8 Å². The first-order valence-corrected chi connectivity index (χ1v) is 12.9. The first-order valence-electron chi connectivity index (χ1n) is 11.9. The van der Waals surface area contributed by atoms with E-state index in [0.29, 0.717) is 13.2 Å². The minimum Gasteiger partial charge on any atom is -0.497 e. The molecule has 1 fully saturated rings. The van der Waals surface area contributed by atoms with E-state index in [1.807, 2.05) is 47.1 Å². The molecule has 0 amide bonds. The van der Waals surface area contributed by atoms with Crippen molar-refractivity contribution in [2.45, 2.75) is 36.2 Å². The highest BCUT2D eigenvalue weighted by atomic mass is 32.2. The third-order valence-corrected chi connectivity index (χ3v) is 7.39. The van der Waals surface area contributed by atoms with Crippen LogP contribution in [0, 0.1) is 0 Å². The average molecular weight is 487 g/mol. The number of benzene rings is 3. The van der Waals surface area contributed by atoms with Crippen LogP contribution in [0.2, 0.25) is 0 Å². The number of aryl methyl sites for hydroxylation is 1. The predicted molar refractivity (Wildman–Crippen MR) is 140 cm³/mol. The van der Waals surface area contributed by atoms with Gasteiger partial charge in [-0.3, -0.25) is 0 Å². The van der Waals surface area contributed by atoms with Crippen molar-refractivity contribution in [3.05, 3.63) is 103 Å². The molecule has 2 unspecified atom stereocenters. The van der Waals surface area contributed by atoms with Crippen molar-refractivity contribution in [1.29, 1.82) is 0 Å². The van der Waals surface area contributed by atoms with Gasteiger partial charge in [-0.1, -0.05) is 54.6 Å². The second kappa shape index (κ2) is 11.1. The molecule has 5 rings (SSSR count). The van der Waals surface area contributed by atoms with Crippen molar-refractivity contribution in [3.8, 4) is 16.9 Å². The van der Waals surface area contributed by atoms with Crippen LogP contribution in [-0.2, 0) is 22.4 Å². The molecule has 2 atom stereocenters. The molecule has 0 aliphatic carbocycles. The lowest BCUT2D eigenvalue weighted by molar-refractivity contribution is -0.180. The van der Waals surface area contributed by atoms with Gasteiger partial charge in [0.05, 0.1) is 32.7 Å². The number of rotatable bonds is 10. The van der Waals surface area contributed by atoms with Crippen molar-refractivity contribution in [1.82, 2.24) is 9.55 Å². The molecular formula is C29H30N2O3S. The third kappa shape index (κ3) is 6.14. The summed E-state index contributed by atoms with van der Waals surface area (Å²) in [5.41, 5.74) is 3.70. The number of hydrogen-bond donors (Lipinski definition) is 0. The Morgan fingerprint density at radius 1 is 1.00 bits per heavy atom. The molecule has 6 heteroatoms.